The van der Waals surface area contributed by atoms with Crippen LogP contribution >= 0.6 is 11.6 Å². The van der Waals surface area contributed by atoms with E-state index >= 15 is 0 Å². The second-order valence-corrected chi connectivity index (χ2v) is 7.50. The Morgan fingerprint density at radius 1 is 1.19 bits per heavy atom. The molecule has 2 aromatic rings. The summed E-state index contributed by atoms with van der Waals surface area (Å²) >= 11 is 6.15. The molecule has 8 heteroatoms. The number of nitrogens with one attached hydrogen (secondary N) is 1. The summed E-state index contributed by atoms with van der Waals surface area (Å²) in [5.41, 5.74) is 1.57. The van der Waals surface area contributed by atoms with Crippen molar-refractivity contribution in [1.29, 1.82) is 0 Å². The summed E-state index contributed by atoms with van der Waals surface area (Å²) in [6.07, 6.45) is -1.97. The van der Waals surface area contributed by atoms with E-state index in [1.54, 1.807) is 0 Å². The largest absolute Gasteiger partial charge is 0.416 e. The molecule has 2 heterocycles. The average Bonchev–Trinajstić information content (AvgIpc) is 3.46. The monoisotopic (exact) mass is 397 g/mol. The molecule has 4 nitrogen and oxygen atoms in total. The fourth-order valence-electron chi connectivity index (χ4n) is 3.47. The summed E-state index contributed by atoms with van der Waals surface area (Å²) in [6.45, 7) is 2.80. The van der Waals surface area contributed by atoms with Gasteiger partial charge in [0.2, 0.25) is 5.28 Å². The highest BCUT2D eigenvalue weighted by Crippen LogP contribution is 2.38. The lowest BCUT2D eigenvalue weighted by Crippen LogP contribution is -2.25. The zero-order chi connectivity index (χ0) is 19.2. The topological polar surface area (TPSA) is 47.0 Å². The van der Waals surface area contributed by atoms with Gasteiger partial charge in [-0.15, -0.1) is 0 Å². The predicted octanol–water partition coefficient (Wildman–Crippen LogP) is 5.02. The van der Waals surface area contributed by atoms with Crippen molar-refractivity contribution in [3.8, 4) is 0 Å². The molecule has 144 valence electrons. The van der Waals surface area contributed by atoms with Gasteiger partial charge in [0.1, 0.15) is 5.82 Å². The number of halogens is 4. The van der Waals surface area contributed by atoms with E-state index in [1.165, 1.54) is 25.0 Å². The minimum absolute atomic E-state index is 0.123. The van der Waals surface area contributed by atoms with Crippen molar-refractivity contribution < 1.29 is 17.9 Å². The third-order valence-corrected chi connectivity index (χ3v) is 5.38. The van der Waals surface area contributed by atoms with Crippen LogP contribution in [0.25, 0.3) is 0 Å². The van der Waals surface area contributed by atoms with Gasteiger partial charge >= 0.3 is 6.18 Å². The lowest BCUT2D eigenvalue weighted by atomic mass is 9.91. The van der Waals surface area contributed by atoms with Crippen LogP contribution in [0.2, 0.25) is 5.28 Å². The molecular weight excluding hydrogens is 379 g/mol. The Labute approximate surface area is 160 Å². The van der Waals surface area contributed by atoms with E-state index in [4.69, 9.17) is 16.3 Å². The number of aromatic nitrogens is 2. The third kappa shape index (κ3) is 3.89. The molecule has 2 atom stereocenters. The molecule has 1 aliphatic heterocycles. The maximum atomic E-state index is 12.8. The van der Waals surface area contributed by atoms with Gasteiger partial charge in [-0.3, -0.25) is 0 Å². The highest BCUT2D eigenvalue weighted by Gasteiger charge is 2.33. The minimum atomic E-state index is -4.36. The van der Waals surface area contributed by atoms with Gasteiger partial charge in [-0.1, -0.05) is 12.1 Å². The lowest BCUT2D eigenvalue weighted by molar-refractivity contribution is -0.137. The second kappa shape index (κ2) is 6.95. The van der Waals surface area contributed by atoms with Gasteiger partial charge in [-0.2, -0.15) is 13.2 Å². The highest BCUT2D eigenvalue weighted by molar-refractivity contribution is 6.28. The van der Waals surface area contributed by atoms with E-state index in [2.05, 4.69) is 22.2 Å². The fourth-order valence-corrected chi connectivity index (χ4v) is 3.64. The van der Waals surface area contributed by atoms with Crippen molar-refractivity contribution in [3.63, 3.8) is 0 Å². The molecule has 1 saturated carbocycles. The van der Waals surface area contributed by atoms with Crippen molar-refractivity contribution in [1.82, 2.24) is 9.97 Å². The van der Waals surface area contributed by atoms with Crippen LogP contribution in [0.3, 0.4) is 0 Å². The van der Waals surface area contributed by atoms with E-state index in [9.17, 15) is 13.2 Å². The summed E-state index contributed by atoms with van der Waals surface area (Å²) in [7, 11) is 0. The first-order chi connectivity index (χ1) is 12.8. The van der Waals surface area contributed by atoms with Crippen molar-refractivity contribution in [3.05, 3.63) is 51.9 Å². The second-order valence-electron chi connectivity index (χ2n) is 7.16. The molecule has 0 saturated heterocycles. The molecule has 0 amide bonds. The predicted molar refractivity (Wildman–Crippen MR) is 95.8 cm³/mol. The van der Waals surface area contributed by atoms with Crippen LogP contribution < -0.4 is 5.32 Å². The average molecular weight is 398 g/mol. The molecule has 1 aromatic carbocycles. The number of benzene rings is 1. The van der Waals surface area contributed by atoms with Gasteiger partial charge in [-0.25, -0.2) is 9.97 Å². The summed E-state index contributed by atoms with van der Waals surface area (Å²) in [6, 6.07) is 5.39. The molecule has 0 radical (unpaired) electrons. The molecular formula is C19H19ClF3N3O. The number of hydrogen-bond acceptors (Lipinski definition) is 4. The van der Waals surface area contributed by atoms with Crippen LogP contribution in [0.15, 0.2) is 24.3 Å². The van der Waals surface area contributed by atoms with E-state index in [-0.39, 0.29) is 17.2 Å². The molecule has 1 fully saturated rings. The summed E-state index contributed by atoms with van der Waals surface area (Å²) in [5.74, 6) is 0.999. The van der Waals surface area contributed by atoms with Crippen molar-refractivity contribution >= 4 is 17.4 Å². The third-order valence-electron chi connectivity index (χ3n) is 5.21. The molecule has 2 aliphatic rings. The number of hydrogen-bond donors (Lipinski definition) is 1. The molecule has 1 aliphatic carbocycles. The van der Waals surface area contributed by atoms with Crippen LogP contribution in [-0.4, -0.2) is 22.6 Å². The van der Waals surface area contributed by atoms with Crippen LogP contribution in [0, 0.1) is 5.92 Å². The summed E-state index contributed by atoms with van der Waals surface area (Å²) in [4.78, 5) is 8.71. The van der Waals surface area contributed by atoms with Gasteiger partial charge in [0.15, 0.2) is 0 Å². The number of alkyl halides is 3. The van der Waals surface area contributed by atoms with Gasteiger partial charge in [0, 0.05) is 11.6 Å². The smallest absolute Gasteiger partial charge is 0.376 e. The van der Waals surface area contributed by atoms with E-state index in [0.29, 0.717) is 36.2 Å². The zero-order valence-electron chi connectivity index (χ0n) is 14.7. The summed E-state index contributed by atoms with van der Waals surface area (Å²) < 4.78 is 44.2. The Bertz CT molecular complexity index is 837. The maximum absolute atomic E-state index is 12.8. The molecule has 1 aromatic heterocycles. The first-order valence-electron chi connectivity index (χ1n) is 8.90. The standard InChI is InChI=1S/C19H19ClF3N3O/c1-10(11-2-3-11)24-17-15-9-27-8-14(16(15)25-18(20)26-17)12-4-6-13(7-5-12)19(21,22)23/h4-7,10-11,14H,2-3,8-9H2,1H3,(H,24,25,26)/t10-,14?/m1/s1. The fraction of sp³-hybridized carbons (Fsp3) is 0.474. The number of rotatable bonds is 4. The molecule has 0 spiro atoms. The highest BCUT2D eigenvalue weighted by atomic mass is 35.5. The number of anilines is 1. The summed E-state index contributed by atoms with van der Waals surface area (Å²) in [5, 5.41) is 3.53. The first kappa shape index (κ1) is 18.5. The molecule has 1 unspecified atom stereocenters. The zero-order valence-corrected chi connectivity index (χ0v) is 15.4. The molecule has 27 heavy (non-hydrogen) atoms. The quantitative estimate of drug-likeness (QED) is 0.736. The Morgan fingerprint density at radius 3 is 2.52 bits per heavy atom. The molecule has 4 rings (SSSR count). The number of nitrogens with zero attached hydrogens (tertiary/aromatic N) is 2. The maximum Gasteiger partial charge on any atom is 0.416 e. The van der Waals surface area contributed by atoms with Crippen LogP contribution in [0.5, 0.6) is 0 Å². The van der Waals surface area contributed by atoms with Crippen molar-refractivity contribution in [2.45, 2.75) is 44.5 Å². The van der Waals surface area contributed by atoms with E-state index in [1.807, 2.05) is 0 Å². The Hall–Kier alpha value is -1.86. The van der Waals surface area contributed by atoms with Crippen LogP contribution in [0.1, 0.15) is 48.1 Å². The normalized spacial score (nSPS) is 20.9. The SMILES string of the molecule is C[C@@H](Nc1nc(Cl)nc2c1COCC2c1ccc(C(F)(F)F)cc1)C1CC1. The van der Waals surface area contributed by atoms with E-state index in [0.717, 1.165) is 17.7 Å². The van der Waals surface area contributed by atoms with E-state index < -0.39 is 11.7 Å². The Kier molecular flexibility index (Phi) is 4.76. The van der Waals surface area contributed by atoms with Crippen molar-refractivity contribution in [2.24, 2.45) is 5.92 Å². The molecule has 0 bridgehead atoms. The van der Waals surface area contributed by atoms with Gasteiger partial charge in [0.25, 0.3) is 0 Å². The van der Waals surface area contributed by atoms with Crippen molar-refractivity contribution in [2.75, 3.05) is 11.9 Å². The molecule has 1 N–H and O–H groups in total. The van der Waals surface area contributed by atoms with Crippen LogP contribution in [0.4, 0.5) is 19.0 Å². The Balaban J connectivity index is 1.67. The van der Waals surface area contributed by atoms with Crippen LogP contribution in [-0.2, 0) is 17.5 Å². The first-order valence-corrected chi connectivity index (χ1v) is 9.28. The van der Waals surface area contributed by atoms with Gasteiger partial charge in [-0.05, 0) is 55.0 Å². The minimum Gasteiger partial charge on any atom is -0.376 e. The lowest BCUT2D eigenvalue weighted by Gasteiger charge is -2.28. The van der Waals surface area contributed by atoms with Gasteiger partial charge in [0.05, 0.1) is 30.4 Å². The van der Waals surface area contributed by atoms with Gasteiger partial charge < -0.3 is 10.1 Å². The number of ether oxygens (including phenoxy) is 1. The number of fused-ring (bicyclic) bond motifs is 1. The Morgan fingerprint density at radius 2 is 1.89 bits per heavy atom.